The molecule has 1 amide bonds. The van der Waals surface area contributed by atoms with Gasteiger partial charge in [0, 0.05) is 6.07 Å². The summed E-state index contributed by atoms with van der Waals surface area (Å²) in [4.78, 5) is 33.0. The number of phenolic OH excluding ortho intramolecular Hbond substituents is 1. The number of amides is 1. The lowest BCUT2D eigenvalue weighted by atomic mass is 9.95. The van der Waals surface area contributed by atoms with Gasteiger partial charge in [-0.2, -0.15) is 0 Å². The van der Waals surface area contributed by atoms with Crippen molar-refractivity contribution in [1.29, 1.82) is 0 Å². The van der Waals surface area contributed by atoms with E-state index in [9.17, 15) is 19.8 Å². The van der Waals surface area contributed by atoms with E-state index in [1.807, 2.05) is 26.0 Å². The van der Waals surface area contributed by atoms with Crippen LogP contribution in [0.25, 0.3) is 16.0 Å². The van der Waals surface area contributed by atoms with E-state index < -0.39 is 23.5 Å². The van der Waals surface area contributed by atoms with Crippen LogP contribution in [0.4, 0.5) is 5.13 Å². The van der Waals surface area contributed by atoms with Gasteiger partial charge in [-0.3, -0.25) is 14.5 Å². The number of carbonyl (C=O) groups excluding carboxylic acids is 2. The Labute approximate surface area is 227 Å². The summed E-state index contributed by atoms with van der Waals surface area (Å²) >= 11 is 7.60. The number of benzene rings is 3. The number of ketones is 1. The topological polar surface area (TPSA) is 109 Å². The van der Waals surface area contributed by atoms with Gasteiger partial charge in [-0.25, -0.2) is 4.98 Å². The fourth-order valence-corrected chi connectivity index (χ4v) is 5.78. The number of nitrogens with zero attached hydrogens (tertiary/aromatic N) is 2. The van der Waals surface area contributed by atoms with Crippen molar-refractivity contribution in [3.63, 3.8) is 0 Å². The third-order valence-electron chi connectivity index (χ3n) is 6.58. The molecule has 1 saturated heterocycles. The molecule has 0 bridgehead atoms. The number of ether oxygens (including phenoxy) is 2. The number of anilines is 1. The van der Waals surface area contributed by atoms with E-state index in [1.165, 1.54) is 54.7 Å². The molecular weight excluding hydrogens is 528 g/mol. The summed E-state index contributed by atoms with van der Waals surface area (Å²) < 4.78 is 11.5. The fraction of sp³-hybridized carbons (Fsp3) is 0.179. The number of rotatable bonds is 5. The Balaban J connectivity index is 1.76. The number of fused-ring (bicyclic) bond motifs is 1. The lowest BCUT2D eigenvalue weighted by Gasteiger charge is -2.23. The third-order valence-corrected chi connectivity index (χ3v) is 7.89. The Morgan fingerprint density at radius 3 is 2.32 bits per heavy atom. The predicted octanol–water partition coefficient (Wildman–Crippen LogP) is 5.92. The molecule has 4 aromatic rings. The third kappa shape index (κ3) is 4.13. The molecule has 1 unspecified atom stereocenters. The molecule has 8 nitrogen and oxygen atoms in total. The van der Waals surface area contributed by atoms with Crippen LogP contribution in [0.15, 0.2) is 54.1 Å². The van der Waals surface area contributed by atoms with E-state index in [0.29, 0.717) is 22.0 Å². The Morgan fingerprint density at radius 1 is 1.00 bits per heavy atom. The molecule has 1 atom stereocenters. The van der Waals surface area contributed by atoms with Crippen molar-refractivity contribution >= 4 is 55.7 Å². The van der Waals surface area contributed by atoms with E-state index in [4.69, 9.17) is 21.1 Å². The van der Waals surface area contributed by atoms with Gasteiger partial charge >= 0.3 is 5.91 Å². The molecule has 0 aliphatic carbocycles. The van der Waals surface area contributed by atoms with Crippen molar-refractivity contribution < 1.29 is 29.3 Å². The number of aromatic hydroxyl groups is 1. The van der Waals surface area contributed by atoms with E-state index in [1.54, 1.807) is 12.1 Å². The van der Waals surface area contributed by atoms with Gasteiger partial charge in [-0.1, -0.05) is 35.1 Å². The van der Waals surface area contributed by atoms with Crippen molar-refractivity contribution in [1.82, 2.24) is 4.98 Å². The lowest BCUT2D eigenvalue weighted by Crippen LogP contribution is -2.29. The summed E-state index contributed by atoms with van der Waals surface area (Å²) in [5.41, 5.74) is 3.28. The first-order valence-electron chi connectivity index (χ1n) is 11.5. The van der Waals surface area contributed by atoms with E-state index in [-0.39, 0.29) is 27.7 Å². The van der Waals surface area contributed by atoms with Crippen LogP contribution < -0.4 is 14.4 Å². The molecule has 1 aromatic heterocycles. The zero-order valence-electron chi connectivity index (χ0n) is 20.9. The molecule has 1 aliphatic heterocycles. The van der Waals surface area contributed by atoms with Gasteiger partial charge in [-0.15, -0.1) is 0 Å². The molecule has 5 rings (SSSR count). The predicted molar refractivity (Wildman–Crippen MR) is 147 cm³/mol. The summed E-state index contributed by atoms with van der Waals surface area (Å²) in [6, 6.07) is 11.9. The Morgan fingerprint density at radius 2 is 1.66 bits per heavy atom. The van der Waals surface area contributed by atoms with Crippen molar-refractivity contribution in [2.24, 2.45) is 0 Å². The highest BCUT2D eigenvalue weighted by Crippen LogP contribution is 2.46. The van der Waals surface area contributed by atoms with Crippen LogP contribution >= 0.6 is 22.9 Å². The van der Waals surface area contributed by atoms with Crippen molar-refractivity contribution in [3.05, 3.63) is 81.4 Å². The second kappa shape index (κ2) is 9.66. The number of carbonyl (C=O) groups is 2. The van der Waals surface area contributed by atoms with Crippen molar-refractivity contribution in [2.45, 2.75) is 19.9 Å². The fourth-order valence-electron chi connectivity index (χ4n) is 4.46. The normalized spacial score (nSPS) is 16.9. The number of methoxy groups -OCH3 is 2. The highest BCUT2D eigenvalue weighted by atomic mass is 35.5. The Hall–Kier alpha value is -4.08. The minimum atomic E-state index is -1.02. The molecule has 3 aromatic carbocycles. The van der Waals surface area contributed by atoms with Crippen molar-refractivity contribution in [3.8, 4) is 17.2 Å². The molecule has 0 saturated carbocycles. The van der Waals surface area contributed by atoms with Crippen molar-refractivity contribution in [2.75, 3.05) is 19.1 Å². The highest BCUT2D eigenvalue weighted by molar-refractivity contribution is 7.22. The number of aryl methyl sites for hydroxylation is 2. The zero-order valence-corrected chi connectivity index (χ0v) is 22.5. The SMILES string of the molecule is COc1cc(OC)c(/C(O)=C2\C(=O)C(=O)N(c3nc4cc(C)c(C)cc4s3)C2c2ccc(O)cc2)cc1Cl. The maximum atomic E-state index is 13.5. The number of phenols is 1. The van der Waals surface area contributed by atoms with Crippen LogP contribution in [0, 0.1) is 13.8 Å². The summed E-state index contributed by atoms with van der Waals surface area (Å²) in [5.74, 6) is -1.66. The minimum Gasteiger partial charge on any atom is -0.508 e. The average molecular weight is 551 g/mol. The first-order valence-corrected chi connectivity index (χ1v) is 12.7. The summed E-state index contributed by atoms with van der Waals surface area (Å²) in [5, 5.41) is 21.9. The Kier molecular flexibility index (Phi) is 6.50. The number of aromatic nitrogens is 1. The van der Waals surface area contributed by atoms with Gasteiger partial charge in [0.05, 0.1) is 46.6 Å². The summed E-state index contributed by atoms with van der Waals surface area (Å²) in [6.45, 7) is 3.97. The van der Waals surface area contributed by atoms with E-state index >= 15 is 0 Å². The molecule has 1 aliphatic rings. The molecule has 0 radical (unpaired) electrons. The van der Waals surface area contributed by atoms with Gasteiger partial charge in [-0.05, 0) is 60.9 Å². The monoisotopic (exact) mass is 550 g/mol. The number of halogens is 1. The van der Waals surface area contributed by atoms with Crippen LogP contribution in [0.2, 0.25) is 5.02 Å². The van der Waals surface area contributed by atoms with Gasteiger partial charge in [0.25, 0.3) is 5.78 Å². The highest BCUT2D eigenvalue weighted by Gasteiger charge is 2.48. The molecule has 2 heterocycles. The zero-order chi connectivity index (χ0) is 27.3. The van der Waals surface area contributed by atoms with Gasteiger partial charge in [0.15, 0.2) is 5.13 Å². The number of Topliss-reactive ketones (excluding diaryl/α,β-unsaturated/α-hetero) is 1. The van der Waals surface area contributed by atoms with Gasteiger partial charge < -0.3 is 19.7 Å². The largest absolute Gasteiger partial charge is 0.508 e. The minimum absolute atomic E-state index is 0.0141. The molecule has 38 heavy (non-hydrogen) atoms. The van der Waals surface area contributed by atoms with Crippen LogP contribution in [-0.4, -0.2) is 41.1 Å². The Bertz CT molecular complexity index is 1600. The molecule has 194 valence electrons. The lowest BCUT2D eigenvalue weighted by molar-refractivity contribution is -0.132. The van der Waals surface area contributed by atoms with E-state index in [2.05, 4.69) is 4.98 Å². The molecule has 0 spiro atoms. The maximum Gasteiger partial charge on any atom is 0.301 e. The number of aliphatic hydroxyl groups excluding tert-OH is 1. The standard InChI is InChI=1S/C28H23ClN2O6S/c1-13-9-19-22(10-14(13)2)38-28(30-19)31-24(15-5-7-16(32)8-6-15)23(26(34)27(31)35)25(33)17-11-18(29)21(37-4)12-20(17)36-3/h5-12,24,32-33H,1-4H3/b25-23+. The van der Waals surface area contributed by atoms with Crippen LogP contribution in [0.1, 0.15) is 28.3 Å². The maximum absolute atomic E-state index is 13.5. The molecule has 2 N–H and O–H groups in total. The average Bonchev–Trinajstić information content (AvgIpc) is 3.41. The van der Waals surface area contributed by atoms with E-state index in [0.717, 1.165) is 15.8 Å². The number of thiazole rings is 1. The number of hydrogen-bond acceptors (Lipinski definition) is 8. The van der Waals surface area contributed by atoms with Gasteiger partial charge in [0.2, 0.25) is 0 Å². The van der Waals surface area contributed by atoms with Gasteiger partial charge in [0.1, 0.15) is 23.0 Å². The second-order valence-corrected chi connectivity index (χ2v) is 10.3. The molecule has 1 fully saturated rings. The number of hydrogen-bond donors (Lipinski definition) is 2. The smallest absolute Gasteiger partial charge is 0.301 e. The molecule has 10 heteroatoms. The first-order chi connectivity index (χ1) is 18.1. The quantitative estimate of drug-likeness (QED) is 0.180. The summed E-state index contributed by atoms with van der Waals surface area (Å²) in [6.07, 6.45) is 0. The van der Waals surface area contributed by atoms with Crippen LogP contribution in [0.5, 0.6) is 17.2 Å². The first kappa shape index (κ1) is 25.6. The van der Waals surface area contributed by atoms with Crippen LogP contribution in [0.3, 0.4) is 0 Å². The van der Waals surface area contributed by atoms with Crippen LogP contribution in [-0.2, 0) is 9.59 Å². The number of aliphatic hydroxyl groups is 1. The molecular formula is C28H23ClN2O6S. The second-order valence-electron chi connectivity index (χ2n) is 8.85. The summed E-state index contributed by atoms with van der Waals surface area (Å²) in [7, 11) is 2.85.